The van der Waals surface area contributed by atoms with E-state index in [0.717, 1.165) is 22.7 Å². The molecule has 0 spiro atoms. The van der Waals surface area contributed by atoms with Crippen molar-refractivity contribution in [1.29, 1.82) is 0 Å². The fourth-order valence-electron chi connectivity index (χ4n) is 1.53. The van der Waals surface area contributed by atoms with E-state index in [1.165, 1.54) is 7.11 Å². The number of methoxy groups -OCH3 is 1. The van der Waals surface area contributed by atoms with Gasteiger partial charge in [0.2, 0.25) is 0 Å². The third-order valence-electron chi connectivity index (χ3n) is 2.57. The molecule has 0 radical (unpaired) electrons. The van der Waals surface area contributed by atoms with Gasteiger partial charge in [-0.3, -0.25) is 4.79 Å². The number of benzene rings is 1. The van der Waals surface area contributed by atoms with Crippen molar-refractivity contribution in [3.05, 3.63) is 34.3 Å². The minimum Gasteiger partial charge on any atom is -0.469 e. The summed E-state index contributed by atoms with van der Waals surface area (Å²) in [7, 11) is 3.36. The first-order valence-electron chi connectivity index (χ1n) is 5.53. The minimum absolute atomic E-state index is 0.188. The first-order chi connectivity index (χ1) is 8.02. The van der Waals surface area contributed by atoms with Crippen LogP contribution in [0.25, 0.3) is 0 Å². The van der Waals surface area contributed by atoms with E-state index < -0.39 is 0 Å². The van der Waals surface area contributed by atoms with E-state index in [1.807, 2.05) is 37.1 Å². The predicted octanol–water partition coefficient (Wildman–Crippen LogP) is 2.64. The molecule has 0 aliphatic heterocycles. The lowest BCUT2D eigenvalue weighted by molar-refractivity contribution is -0.140. The van der Waals surface area contributed by atoms with Crippen LogP contribution in [0.2, 0.25) is 5.02 Å². The van der Waals surface area contributed by atoms with Crippen molar-refractivity contribution >= 4 is 17.6 Å². The van der Waals surface area contributed by atoms with E-state index in [1.54, 1.807) is 0 Å². The topological polar surface area (TPSA) is 29.5 Å². The van der Waals surface area contributed by atoms with Crippen molar-refractivity contribution in [2.75, 3.05) is 20.7 Å². The monoisotopic (exact) mass is 255 g/mol. The van der Waals surface area contributed by atoms with Gasteiger partial charge in [-0.05, 0) is 31.2 Å². The summed E-state index contributed by atoms with van der Waals surface area (Å²) in [5, 5.41) is 0.773. The molecule has 1 aromatic carbocycles. The molecule has 0 fully saturated rings. The molecule has 4 heteroatoms. The van der Waals surface area contributed by atoms with Gasteiger partial charge < -0.3 is 9.64 Å². The number of carbonyl (C=O) groups is 1. The molecular formula is C13H18ClNO2. The number of hydrogen-bond donors (Lipinski definition) is 0. The maximum absolute atomic E-state index is 11.0. The Kier molecular flexibility index (Phi) is 5.45. The molecule has 1 rings (SSSR count). The van der Waals surface area contributed by atoms with E-state index in [9.17, 15) is 4.79 Å². The molecule has 1 aromatic rings. The highest BCUT2D eigenvalue weighted by Crippen LogP contribution is 2.18. The van der Waals surface area contributed by atoms with Crippen LogP contribution >= 0.6 is 11.6 Å². The van der Waals surface area contributed by atoms with Gasteiger partial charge in [0.05, 0.1) is 13.5 Å². The highest BCUT2D eigenvalue weighted by Gasteiger charge is 2.07. The van der Waals surface area contributed by atoms with Gasteiger partial charge in [0, 0.05) is 18.1 Å². The fraction of sp³-hybridized carbons (Fsp3) is 0.462. The van der Waals surface area contributed by atoms with Crippen LogP contribution in [0.15, 0.2) is 18.2 Å². The zero-order chi connectivity index (χ0) is 12.8. The maximum atomic E-state index is 11.0. The number of halogens is 1. The van der Waals surface area contributed by atoms with Crippen LogP contribution in [-0.2, 0) is 16.1 Å². The number of hydrogen-bond acceptors (Lipinski definition) is 3. The fourth-order valence-corrected chi connectivity index (χ4v) is 1.83. The van der Waals surface area contributed by atoms with Crippen molar-refractivity contribution < 1.29 is 9.53 Å². The Labute approximate surface area is 107 Å². The molecule has 3 nitrogen and oxygen atoms in total. The summed E-state index contributed by atoms with van der Waals surface area (Å²) in [6.07, 6.45) is 0.399. The molecule has 94 valence electrons. The third kappa shape index (κ3) is 4.75. The van der Waals surface area contributed by atoms with Crippen molar-refractivity contribution in [1.82, 2.24) is 4.90 Å². The van der Waals surface area contributed by atoms with Gasteiger partial charge in [0.1, 0.15) is 0 Å². The number of ether oxygens (including phenoxy) is 1. The molecule has 0 saturated carbocycles. The molecule has 0 saturated heterocycles. The molecule has 0 heterocycles. The largest absolute Gasteiger partial charge is 0.469 e. The second-order valence-electron chi connectivity index (χ2n) is 4.16. The van der Waals surface area contributed by atoms with E-state index in [2.05, 4.69) is 4.74 Å². The van der Waals surface area contributed by atoms with Crippen LogP contribution in [0, 0.1) is 6.92 Å². The van der Waals surface area contributed by atoms with Crippen molar-refractivity contribution in [2.24, 2.45) is 0 Å². The molecule has 17 heavy (non-hydrogen) atoms. The lowest BCUT2D eigenvalue weighted by Crippen LogP contribution is -2.22. The average Bonchev–Trinajstić information content (AvgIpc) is 2.29. The summed E-state index contributed by atoms with van der Waals surface area (Å²) in [6, 6.07) is 6.01. The smallest absolute Gasteiger partial charge is 0.306 e. The Morgan fingerprint density at radius 2 is 2.18 bits per heavy atom. The Morgan fingerprint density at radius 3 is 2.76 bits per heavy atom. The van der Waals surface area contributed by atoms with Crippen molar-refractivity contribution in [3.63, 3.8) is 0 Å². The Bertz CT molecular complexity index is 393. The van der Waals surface area contributed by atoms with Crippen molar-refractivity contribution in [3.8, 4) is 0 Å². The van der Waals surface area contributed by atoms with Gasteiger partial charge in [-0.25, -0.2) is 0 Å². The van der Waals surface area contributed by atoms with Crippen LogP contribution in [0.3, 0.4) is 0 Å². The van der Waals surface area contributed by atoms with Gasteiger partial charge in [0.25, 0.3) is 0 Å². The molecule has 0 atom stereocenters. The SMILES string of the molecule is COC(=O)CCN(C)Cc1ccc(C)cc1Cl. The third-order valence-corrected chi connectivity index (χ3v) is 2.93. The molecule has 0 aliphatic carbocycles. The molecule has 0 aliphatic rings. The van der Waals surface area contributed by atoms with E-state index in [-0.39, 0.29) is 5.97 Å². The number of rotatable bonds is 5. The molecular weight excluding hydrogens is 238 g/mol. The second kappa shape index (κ2) is 6.62. The Balaban J connectivity index is 2.50. The molecule has 0 amide bonds. The van der Waals surface area contributed by atoms with Crippen LogP contribution < -0.4 is 0 Å². The molecule has 0 N–H and O–H groups in total. The average molecular weight is 256 g/mol. The zero-order valence-corrected chi connectivity index (χ0v) is 11.3. The van der Waals surface area contributed by atoms with E-state index in [0.29, 0.717) is 13.0 Å². The number of carbonyl (C=O) groups excluding carboxylic acids is 1. The Hall–Kier alpha value is -1.06. The normalized spacial score (nSPS) is 10.6. The predicted molar refractivity (Wildman–Crippen MR) is 69.2 cm³/mol. The highest BCUT2D eigenvalue weighted by molar-refractivity contribution is 6.31. The standard InChI is InChI=1S/C13H18ClNO2/c1-10-4-5-11(12(14)8-10)9-15(2)7-6-13(16)17-3/h4-5,8H,6-7,9H2,1-3H3. The van der Waals surface area contributed by atoms with Gasteiger partial charge in [-0.15, -0.1) is 0 Å². The van der Waals surface area contributed by atoms with Gasteiger partial charge in [0.15, 0.2) is 0 Å². The minimum atomic E-state index is -0.188. The quantitative estimate of drug-likeness (QED) is 0.758. The molecule has 0 unspecified atom stereocenters. The van der Waals surface area contributed by atoms with Crippen LogP contribution in [-0.4, -0.2) is 31.6 Å². The molecule has 0 aromatic heterocycles. The summed E-state index contributed by atoms with van der Waals surface area (Å²) in [5.41, 5.74) is 2.22. The molecule has 0 bridgehead atoms. The van der Waals surface area contributed by atoms with Gasteiger partial charge >= 0.3 is 5.97 Å². The summed E-state index contributed by atoms with van der Waals surface area (Å²) in [5.74, 6) is -0.188. The van der Waals surface area contributed by atoms with Crippen LogP contribution in [0.1, 0.15) is 17.5 Å². The zero-order valence-electron chi connectivity index (χ0n) is 10.5. The first-order valence-corrected chi connectivity index (χ1v) is 5.91. The summed E-state index contributed by atoms with van der Waals surface area (Å²) >= 11 is 6.15. The highest BCUT2D eigenvalue weighted by atomic mass is 35.5. The number of esters is 1. The van der Waals surface area contributed by atoms with Crippen LogP contribution in [0.5, 0.6) is 0 Å². The second-order valence-corrected chi connectivity index (χ2v) is 4.57. The maximum Gasteiger partial charge on any atom is 0.306 e. The van der Waals surface area contributed by atoms with Gasteiger partial charge in [-0.2, -0.15) is 0 Å². The summed E-state index contributed by atoms with van der Waals surface area (Å²) in [4.78, 5) is 13.1. The summed E-state index contributed by atoms with van der Waals surface area (Å²) in [6.45, 7) is 3.41. The lowest BCUT2D eigenvalue weighted by Gasteiger charge is -2.16. The van der Waals surface area contributed by atoms with Crippen LogP contribution in [0.4, 0.5) is 0 Å². The number of nitrogens with zero attached hydrogens (tertiary/aromatic N) is 1. The summed E-state index contributed by atoms with van der Waals surface area (Å²) < 4.78 is 4.60. The van der Waals surface area contributed by atoms with Gasteiger partial charge in [-0.1, -0.05) is 23.7 Å². The first kappa shape index (κ1) is 14.0. The van der Waals surface area contributed by atoms with Crippen molar-refractivity contribution in [2.45, 2.75) is 19.9 Å². The number of aryl methyl sites for hydroxylation is 1. The lowest BCUT2D eigenvalue weighted by atomic mass is 10.1. The Morgan fingerprint density at radius 1 is 1.47 bits per heavy atom. The van der Waals surface area contributed by atoms with E-state index >= 15 is 0 Å². The van der Waals surface area contributed by atoms with E-state index in [4.69, 9.17) is 11.6 Å².